The maximum Gasteiger partial charge on any atom is 0.168 e. The van der Waals surface area contributed by atoms with Crippen LogP contribution in [0.1, 0.15) is 10.5 Å². The van der Waals surface area contributed by atoms with Crippen LogP contribution in [0.5, 0.6) is 5.75 Å². The topological polar surface area (TPSA) is 45.7 Å². The molecular weight excluding hydrogens is 230 g/mol. The zero-order valence-corrected chi connectivity index (χ0v) is 10.7. The molecule has 2 rings (SSSR count). The lowest BCUT2D eigenvalue weighted by molar-refractivity contribution is 0.111. The Bertz CT molecular complexity index is 390. The van der Waals surface area contributed by atoms with E-state index in [9.17, 15) is 4.79 Å². The van der Waals surface area contributed by atoms with Crippen molar-refractivity contribution in [1.29, 1.82) is 0 Å². The molecule has 0 radical (unpaired) electrons. The normalized spacial score (nSPS) is 17.6. The van der Waals surface area contributed by atoms with Gasteiger partial charge in [0.25, 0.3) is 0 Å². The van der Waals surface area contributed by atoms with Gasteiger partial charge in [-0.25, -0.2) is 0 Å². The highest BCUT2D eigenvalue weighted by Gasteiger charge is 2.13. The average molecular weight is 249 g/mol. The quantitative estimate of drug-likeness (QED) is 0.712. The number of pyridine rings is 1. The fraction of sp³-hybridized carbons (Fsp3) is 0.538. The lowest BCUT2D eigenvalue weighted by atomic mass is 10.3. The van der Waals surface area contributed by atoms with E-state index in [1.807, 2.05) is 0 Å². The Morgan fingerprint density at radius 1 is 1.39 bits per heavy atom. The molecule has 0 N–H and O–H groups in total. The second-order valence-corrected chi connectivity index (χ2v) is 4.53. The zero-order chi connectivity index (χ0) is 12.8. The van der Waals surface area contributed by atoms with Crippen molar-refractivity contribution in [2.24, 2.45) is 0 Å². The third-order valence-electron chi connectivity index (χ3n) is 3.15. The summed E-state index contributed by atoms with van der Waals surface area (Å²) in [5.74, 6) is 0.709. The number of likely N-dealkylation sites (N-methyl/N-ethyl adjacent to an activating group) is 1. The van der Waals surface area contributed by atoms with Gasteiger partial charge in [0.15, 0.2) is 6.29 Å². The monoisotopic (exact) mass is 249 g/mol. The van der Waals surface area contributed by atoms with E-state index in [0.717, 1.165) is 39.0 Å². The summed E-state index contributed by atoms with van der Waals surface area (Å²) in [7, 11) is 2.14. The second kappa shape index (κ2) is 6.47. The third kappa shape index (κ3) is 3.78. The molecule has 5 nitrogen and oxygen atoms in total. The Morgan fingerprint density at radius 3 is 2.89 bits per heavy atom. The zero-order valence-electron chi connectivity index (χ0n) is 10.7. The lowest BCUT2D eigenvalue weighted by Gasteiger charge is -2.32. The van der Waals surface area contributed by atoms with E-state index in [1.165, 1.54) is 0 Å². The first-order chi connectivity index (χ1) is 8.78. The maximum atomic E-state index is 10.6. The molecule has 2 heterocycles. The molecule has 1 fully saturated rings. The number of aldehydes is 1. The van der Waals surface area contributed by atoms with Crippen LogP contribution in [0.2, 0.25) is 0 Å². The van der Waals surface area contributed by atoms with Crippen LogP contribution in [0.4, 0.5) is 0 Å². The van der Waals surface area contributed by atoms with Crippen LogP contribution in [-0.2, 0) is 0 Å². The van der Waals surface area contributed by atoms with Gasteiger partial charge < -0.3 is 9.64 Å². The molecule has 5 heteroatoms. The Balaban J connectivity index is 1.73. The van der Waals surface area contributed by atoms with E-state index in [-0.39, 0.29) is 0 Å². The summed E-state index contributed by atoms with van der Waals surface area (Å²) < 4.78 is 5.62. The Morgan fingerprint density at radius 2 is 2.17 bits per heavy atom. The lowest BCUT2D eigenvalue weighted by Crippen LogP contribution is -2.45. The summed E-state index contributed by atoms with van der Waals surface area (Å²) in [5.41, 5.74) is 0.409. The molecular formula is C13H19N3O2. The molecule has 0 saturated carbocycles. The summed E-state index contributed by atoms with van der Waals surface area (Å²) in [4.78, 5) is 19.2. The van der Waals surface area contributed by atoms with Gasteiger partial charge >= 0.3 is 0 Å². The Hall–Kier alpha value is -1.46. The van der Waals surface area contributed by atoms with Crippen LogP contribution < -0.4 is 4.74 Å². The highest BCUT2D eigenvalue weighted by atomic mass is 16.5. The number of aromatic nitrogens is 1. The summed E-state index contributed by atoms with van der Waals surface area (Å²) >= 11 is 0. The number of carbonyl (C=O) groups excluding carboxylic acids is 1. The number of rotatable bonds is 5. The number of hydrogen-bond donors (Lipinski definition) is 0. The maximum absolute atomic E-state index is 10.6. The van der Waals surface area contributed by atoms with Gasteiger partial charge in [-0.05, 0) is 13.1 Å². The Labute approximate surface area is 107 Å². The first-order valence-corrected chi connectivity index (χ1v) is 6.23. The van der Waals surface area contributed by atoms with Crippen molar-refractivity contribution in [3.63, 3.8) is 0 Å². The molecule has 1 aromatic rings. The molecule has 1 aromatic heterocycles. The molecule has 1 aliphatic heterocycles. The molecule has 0 aliphatic carbocycles. The summed E-state index contributed by atoms with van der Waals surface area (Å²) in [6.45, 7) is 5.99. The molecule has 18 heavy (non-hydrogen) atoms. The van der Waals surface area contributed by atoms with E-state index in [0.29, 0.717) is 18.1 Å². The van der Waals surface area contributed by atoms with Crippen molar-refractivity contribution >= 4 is 6.29 Å². The van der Waals surface area contributed by atoms with Crippen LogP contribution in [-0.4, -0.2) is 67.4 Å². The molecule has 1 aliphatic rings. The Kier molecular flexibility index (Phi) is 4.66. The van der Waals surface area contributed by atoms with Crippen molar-refractivity contribution < 1.29 is 9.53 Å². The highest BCUT2D eigenvalue weighted by molar-refractivity contribution is 5.72. The predicted molar refractivity (Wildman–Crippen MR) is 69.1 cm³/mol. The van der Waals surface area contributed by atoms with Crippen LogP contribution in [0.3, 0.4) is 0 Å². The average Bonchev–Trinajstić information content (AvgIpc) is 2.41. The SMILES string of the molecule is CN1CCN(CCOc2ccnc(C=O)c2)CC1. The van der Waals surface area contributed by atoms with Gasteiger partial charge in [0.2, 0.25) is 0 Å². The van der Waals surface area contributed by atoms with Gasteiger partial charge in [-0.1, -0.05) is 0 Å². The second-order valence-electron chi connectivity index (χ2n) is 4.53. The smallest absolute Gasteiger partial charge is 0.168 e. The largest absolute Gasteiger partial charge is 0.492 e. The van der Waals surface area contributed by atoms with Crippen LogP contribution >= 0.6 is 0 Å². The first-order valence-electron chi connectivity index (χ1n) is 6.23. The minimum atomic E-state index is 0.409. The van der Waals surface area contributed by atoms with E-state index >= 15 is 0 Å². The fourth-order valence-electron chi connectivity index (χ4n) is 1.95. The standard InChI is InChI=1S/C13H19N3O2/c1-15-4-6-16(7-5-15)8-9-18-13-2-3-14-12(10-13)11-17/h2-3,10-11H,4-9H2,1H3. The van der Waals surface area contributed by atoms with Crippen molar-refractivity contribution in [2.45, 2.75) is 0 Å². The van der Waals surface area contributed by atoms with Gasteiger partial charge in [-0.15, -0.1) is 0 Å². The number of nitrogens with zero attached hydrogens (tertiary/aromatic N) is 3. The van der Waals surface area contributed by atoms with Gasteiger partial charge in [0, 0.05) is 45.0 Å². The summed E-state index contributed by atoms with van der Waals surface area (Å²) in [6.07, 6.45) is 2.32. The summed E-state index contributed by atoms with van der Waals surface area (Å²) in [6, 6.07) is 3.44. The molecule has 0 bridgehead atoms. The third-order valence-corrected chi connectivity index (χ3v) is 3.15. The van der Waals surface area contributed by atoms with Crippen molar-refractivity contribution in [2.75, 3.05) is 46.4 Å². The van der Waals surface area contributed by atoms with Crippen LogP contribution in [0.25, 0.3) is 0 Å². The van der Waals surface area contributed by atoms with Crippen LogP contribution in [0.15, 0.2) is 18.3 Å². The van der Waals surface area contributed by atoms with Gasteiger partial charge in [0.1, 0.15) is 18.1 Å². The molecule has 1 saturated heterocycles. The molecule has 0 aromatic carbocycles. The van der Waals surface area contributed by atoms with E-state index < -0.39 is 0 Å². The van der Waals surface area contributed by atoms with Gasteiger partial charge in [-0.2, -0.15) is 0 Å². The molecule has 98 valence electrons. The van der Waals surface area contributed by atoms with Gasteiger partial charge in [-0.3, -0.25) is 14.7 Å². The number of hydrogen-bond acceptors (Lipinski definition) is 5. The molecule has 0 atom stereocenters. The summed E-state index contributed by atoms with van der Waals surface area (Å²) in [5, 5.41) is 0. The van der Waals surface area contributed by atoms with Crippen molar-refractivity contribution in [1.82, 2.24) is 14.8 Å². The van der Waals surface area contributed by atoms with E-state index in [2.05, 4.69) is 21.8 Å². The van der Waals surface area contributed by atoms with Crippen molar-refractivity contribution in [3.8, 4) is 5.75 Å². The highest BCUT2D eigenvalue weighted by Crippen LogP contribution is 2.09. The predicted octanol–water partition coefficient (Wildman–Crippen LogP) is 0.520. The molecule has 0 amide bonds. The van der Waals surface area contributed by atoms with Crippen molar-refractivity contribution in [3.05, 3.63) is 24.0 Å². The number of carbonyl (C=O) groups is 1. The van der Waals surface area contributed by atoms with Crippen LogP contribution in [0, 0.1) is 0 Å². The fourth-order valence-corrected chi connectivity index (χ4v) is 1.95. The minimum Gasteiger partial charge on any atom is -0.492 e. The first kappa shape index (κ1) is 13.0. The van der Waals surface area contributed by atoms with E-state index in [1.54, 1.807) is 18.3 Å². The number of ether oxygens (including phenoxy) is 1. The number of piperazine rings is 1. The van der Waals surface area contributed by atoms with E-state index in [4.69, 9.17) is 4.74 Å². The van der Waals surface area contributed by atoms with Gasteiger partial charge in [0.05, 0.1) is 0 Å². The molecule has 0 unspecified atom stereocenters. The molecule has 0 spiro atoms. The minimum absolute atomic E-state index is 0.409.